The van der Waals surface area contributed by atoms with E-state index >= 15 is 0 Å². The zero-order valence-corrected chi connectivity index (χ0v) is 11.7. The second-order valence-electron chi connectivity index (χ2n) is 2.32. The van der Waals surface area contributed by atoms with E-state index < -0.39 is 0 Å². The standard InChI is InChI=1S/C6H7I2OPS/c7-10(8)11-2-1-5-3-6(5)4-9/h5-6,9H,3-4H2. The molecule has 1 aliphatic rings. The molecule has 0 bridgehead atoms. The second-order valence-corrected chi connectivity index (χ2v) is 20.0. The maximum atomic E-state index is 8.71. The average molecular weight is 412 g/mol. The van der Waals surface area contributed by atoms with E-state index in [0.29, 0.717) is 18.4 Å². The number of aliphatic hydroxyl groups excluding tert-OH is 1. The smallest absolute Gasteiger partial charge is 0.0964 e. The summed E-state index contributed by atoms with van der Waals surface area (Å²) in [4.78, 5) is 0. The molecule has 1 rings (SSSR count). The normalized spacial score (nSPS) is 28.0. The van der Waals surface area contributed by atoms with Gasteiger partial charge in [-0.15, -0.1) is 0 Å². The van der Waals surface area contributed by atoms with Crippen LogP contribution in [0.2, 0.25) is 0 Å². The van der Waals surface area contributed by atoms with Gasteiger partial charge in [-0.05, 0) is 73.1 Å². The van der Waals surface area contributed by atoms with Crippen molar-refractivity contribution < 1.29 is 5.11 Å². The molecule has 0 amide bonds. The second kappa shape index (κ2) is 5.48. The summed E-state index contributed by atoms with van der Waals surface area (Å²) in [5, 5.41) is 11.8. The maximum absolute atomic E-state index is 8.71. The third-order valence-corrected chi connectivity index (χ3v) is 6.10. The molecule has 2 atom stereocenters. The summed E-state index contributed by atoms with van der Waals surface area (Å²) in [5.41, 5.74) is 0. The monoisotopic (exact) mass is 412 g/mol. The Hall–Kier alpha value is 1.76. The van der Waals surface area contributed by atoms with Crippen LogP contribution in [0.25, 0.3) is 0 Å². The molecule has 1 saturated carbocycles. The Morgan fingerprint density at radius 2 is 2.36 bits per heavy atom. The molecule has 1 N–H and O–H groups in total. The number of aliphatic hydroxyl groups is 1. The Kier molecular flexibility index (Phi) is 5.40. The van der Waals surface area contributed by atoms with Crippen molar-refractivity contribution in [1.82, 2.24) is 0 Å². The Balaban J connectivity index is 2.14. The SMILES string of the molecule is OCC1CC1C#CSP(I)I. The molecule has 0 aliphatic heterocycles. The molecule has 0 aromatic rings. The van der Waals surface area contributed by atoms with Crippen LogP contribution in [0.15, 0.2) is 0 Å². The Morgan fingerprint density at radius 3 is 2.82 bits per heavy atom. The van der Waals surface area contributed by atoms with Crippen molar-refractivity contribution in [3.63, 3.8) is 0 Å². The van der Waals surface area contributed by atoms with Crippen LogP contribution in [0.3, 0.4) is 0 Å². The predicted octanol–water partition coefficient (Wildman–Crippen LogP) is 3.41. The van der Waals surface area contributed by atoms with Gasteiger partial charge in [-0.2, -0.15) is 0 Å². The van der Waals surface area contributed by atoms with Crippen molar-refractivity contribution >= 4 is 57.9 Å². The summed E-state index contributed by atoms with van der Waals surface area (Å²) in [6, 6.07) is 0. The quantitative estimate of drug-likeness (QED) is 0.427. The number of hydrogen-bond donors (Lipinski definition) is 1. The van der Waals surface area contributed by atoms with Gasteiger partial charge in [0, 0.05) is 12.5 Å². The van der Waals surface area contributed by atoms with Gasteiger partial charge < -0.3 is 5.11 Å². The summed E-state index contributed by atoms with van der Waals surface area (Å²) < 4.78 is -0.00132. The van der Waals surface area contributed by atoms with Crippen LogP contribution in [0.4, 0.5) is 0 Å². The first-order chi connectivity index (χ1) is 5.24. The molecule has 1 fully saturated rings. The van der Waals surface area contributed by atoms with Gasteiger partial charge in [0.05, 0.1) is 2.41 Å². The van der Waals surface area contributed by atoms with E-state index in [9.17, 15) is 0 Å². The predicted molar refractivity (Wildman–Crippen MR) is 69.0 cm³/mol. The minimum atomic E-state index is -0.00132. The molecular weight excluding hydrogens is 405 g/mol. The highest BCUT2D eigenvalue weighted by Gasteiger charge is 2.34. The Bertz CT molecular complexity index is 189. The summed E-state index contributed by atoms with van der Waals surface area (Å²) in [6.07, 6.45) is 1.10. The molecule has 1 nitrogen and oxygen atoms in total. The van der Waals surface area contributed by atoms with Crippen molar-refractivity contribution in [2.75, 3.05) is 6.61 Å². The van der Waals surface area contributed by atoms with Crippen molar-refractivity contribution in [3.8, 4) is 11.2 Å². The van der Waals surface area contributed by atoms with Crippen LogP contribution >= 0.6 is 57.9 Å². The van der Waals surface area contributed by atoms with Gasteiger partial charge in [0.1, 0.15) is 0 Å². The molecule has 0 radical (unpaired) electrons. The lowest BCUT2D eigenvalue weighted by Gasteiger charge is -1.87. The highest BCUT2D eigenvalue weighted by Crippen LogP contribution is 2.64. The third-order valence-electron chi connectivity index (χ3n) is 1.52. The molecule has 2 unspecified atom stereocenters. The van der Waals surface area contributed by atoms with Crippen LogP contribution in [0.5, 0.6) is 0 Å². The average Bonchev–Trinajstić information content (AvgIpc) is 2.66. The largest absolute Gasteiger partial charge is 0.396 e. The van der Waals surface area contributed by atoms with Crippen molar-refractivity contribution in [2.24, 2.45) is 11.8 Å². The molecular formula is C6H7I2OPS. The van der Waals surface area contributed by atoms with Crippen LogP contribution < -0.4 is 0 Å². The summed E-state index contributed by atoms with van der Waals surface area (Å²) in [7, 11) is 0. The van der Waals surface area contributed by atoms with E-state index in [0.717, 1.165) is 6.42 Å². The lowest BCUT2D eigenvalue weighted by atomic mass is 10.3. The van der Waals surface area contributed by atoms with Gasteiger partial charge in [0.15, 0.2) is 0 Å². The molecule has 11 heavy (non-hydrogen) atoms. The Morgan fingerprint density at radius 1 is 1.64 bits per heavy atom. The van der Waals surface area contributed by atoms with Crippen LogP contribution in [0, 0.1) is 23.0 Å². The molecule has 0 spiro atoms. The summed E-state index contributed by atoms with van der Waals surface area (Å²) in [6.45, 7) is 0.313. The van der Waals surface area contributed by atoms with Crippen molar-refractivity contribution in [1.29, 1.82) is 0 Å². The topological polar surface area (TPSA) is 20.2 Å². The Labute approximate surface area is 97.9 Å². The number of hydrogen-bond acceptors (Lipinski definition) is 2. The van der Waals surface area contributed by atoms with E-state index in [2.05, 4.69) is 55.3 Å². The highest BCUT2D eigenvalue weighted by molar-refractivity contribution is 14.3. The molecule has 62 valence electrons. The van der Waals surface area contributed by atoms with E-state index in [4.69, 9.17) is 5.11 Å². The molecule has 0 heterocycles. The van der Waals surface area contributed by atoms with Crippen molar-refractivity contribution in [3.05, 3.63) is 0 Å². The van der Waals surface area contributed by atoms with Crippen LogP contribution in [-0.4, -0.2) is 11.7 Å². The van der Waals surface area contributed by atoms with Crippen LogP contribution in [-0.2, 0) is 0 Å². The van der Waals surface area contributed by atoms with Crippen molar-refractivity contribution in [2.45, 2.75) is 6.42 Å². The van der Waals surface area contributed by atoms with Gasteiger partial charge >= 0.3 is 0 Å². The molecule has 1 aliphatic carbocycles. The van der Waals surface area contributed by atoms with Crippen LogP contribution in [0.1, 0.15) is 6.42 Å². The molecule has 0 aromatic heterocycles. The minimum absolute atomic E-state index is 0.00132. The highest BCUT2D eigenvalue weighted by atomic mass is 127. The summed E-state index contributed by atoms with van der Waals surface area (Å²) in [5.74, 6) is 4.13. The minimum Gasteiger partial charge on any atom is -0.396 e. The van der Waals surface area contributed by atoms with Gasteiger partial charge in [-0.3, -0.25) is 0 Å². The fraction of sp³-hybridized carbons (Fsp3) is 0.667. The fourth-order valence-corrected chi connectivity index (χ4v) is 3.17. The first-order valence-corrected chi connectivity index (χ1v) is 11.5. The van der Waals surface area contributed by atoms with Gasteiger partial charge in [-0.25, -0.2) is 0 Å². The van der Waals surface area contributed by atoms with Gasteiger partial charge in [0.25, 0.3) is 0 Å². The lowest BCUT2D eigenvalue weighted by molar-refractivity contribution is 0.273. The van der Waals surface area contributed by atoms with E-state index in [1.165, 1.54) is 0 Å². The first kappa shape index (κ1) is 10.8. The molecule has 0 saturated heterocycles. The molecule has 5 heteroatoms. The van der Waals surface area contributed by atoms with Gasteiger partial charge in [-0.1, -0.05) is 5.92 Å². The lowest BCUT2D eigenvalue weighted by Crippen LogP contribution is -1.85. The maximum Gasteiger partial charge on any atom is 0.0964 e. The number of halogens is 2. The van der Waals surface area contributed by atoms with E-state index in [-0.39, 0.29) is 2.41 Å². The number of rotatable bonds is 2. The first-order valence-electron chi connectivity index (χ1n) is 3.14. The van der Waals surface area contributed by atoms with E-state index in [1.54, 1.807) is 11.4 Å². The van der Waals surface area contributed by atoms with Gasteiger partial charge in [0.2, 0.25) is 0 Å². The van der Waals surface area contributed by atoms with E-state index in [1.807, 2.05) is 0 Å². The summed E-state index contributed by atoms with van der Waals surface area (Å²) >= 11 is 6.48. The molecule has 0 aromatic carbocycles. The zero-order valence-electron chi connectivity index (χ0n) is 5.63. The fourth-order valence-electron chi connectivity index (χ4n) is 0.763. The third kappa shape index (κ3) is 4.51. The zero-order chi connectivity index (χ0) is 8.27.